The molecule has 2 aromatic rings. The zero-order valence-corrected chi connectivity index (χ0v) is 12.9. The minimum atomic E-state index is -3.78. The van der Waals surface area contributed by atoms with Gasteiger partial charge in [0, 0.05) is 18.1 Å². The molecule has 0 spiro atoms. The van der Waals surface area contributed by atoms with E-state index in [1.165, 1.54) is 13.2 Å². The molecule has 8 heteroatoms. The molecule has 1 unspecified atom stereocenters. The largest absolute Gasteiger partial charge is 0.495 e. The first-order chi connectivity index (χ1) is 9.85. The van der Waals surface area contributed by atoms with E-state index < -0.39 is 16.1 Å². The predicted molar refractivity (Wildman–Crippen MR) is 79.5 cm³/mol. The number of aryl methyl sites for hydroxylation is 1. The molecular weight excluding hydrogens is 292 g/mol. The molecule has 1 aromatic heterocycles. The number of aromatic nitrogens is 2. The van der Waals surface area contributed by atoms with Crippen LogP contribution in [0.2, 0.25) is 0 Å². The van der Waals surface area contributed by atoms with Crippen LogP contribution in [-0.2, 0) is 10.0 Å². The molecular formula is C13H18N4O3S. The number of hydrogen-bond acceptors (Lipinski definition) is 5. The van der Waals surface area contributed by atoms with Gasteiger partial charge in [-0.1, -0.05) is 0 Å². The topological polar surface area (TPSA) is 110 Å². The quantitative estimate of drug-likeness (QED) is 0.722. The van der Waals surface area contributed by atoms with Gasteiger partial charge in [-0.05, 0) is 31.5 Å². The molecule has 0 saturated heterocycles. The Hall–Kier alpha value is -2.06. The second-order valence-electron chi connectivity index (χ2n) is 4.68. The molecule has 0 radical (unpaired) electrons. The standard InChI is InChI=1S/C13H18N4O3S/c1-8-6-11(20-3)12(7-10(8)14)21(18,19)17-9(2)13-15-4-5-16-13/h4-7,9,17H,14H2,1-3H3,(H,15,16). The zero-order chi connectivity index (χ0) is 15.6. The monoisotopic (exact) mass is 310 g/mol. The molecule has 0 bridgehead atoms. The van der Waals surface area contributed by atoms with Gasteiger partial charge in [-0.15, -0.1) is 0 Å². The molecule has 21 heavy (non-hydrogen) atoms. The smallest absolute Gasteiger partial charge is 0.244 e. The number of aromatic amines is 1. The van der Waals surface area contributed by atoms with E-state index >= 15 is 0 Å². The van der Waals surface area contributed by atoms with Gasteiger partial charge in [-0.25, -0.2) is 18.1 Å². The fraction of sp³-hybridized carbons (Fsp3) is 0.308. The number of methoxy groups -OCH3 is 1. The van der Waals surface area contributed by atoms with Crippen molar-refractivity contribution in [2.24, 2.45) is 0 Å². The number of nitrogens with two attached hydrogens (primary N) is 1. The number of benzene rings is 1. The summed E-state index contributed by atoms with van der Waals surface area (Å²) < 4.78 is 32.7. The molecule has 2 rings (SSSR count). The van der Waals surface area contributed by atoms with Crippen LogP contribution in [0, 0.1) is 6.92 Å². The van der Waals surface area contributed by atoms with Gasteiger partial charge in [0.1, 0.15) is 16.5 Å². The number of hydrogen-bond donors (Lipinski definition) is 3. The van der Waals surface area contributed by atoms with Gasteiger partial charge < -0.3 is 15.5 Å². The van der Waals surface area contributed by atoms with Crippen molar-refractivity contribution in [2.45, 2.75) is 24.8 Å². The number of imidazole rings is 1. The maximum atomic E-state index is 12.5. The average Bonchev–Trinajstić information content (AvgIpc) is 2.94. The third-order valence-electron chi connectivity index (χ3n) is 3.10. The van der Waals surface area contributed by atoms with Gasteiger partial charge in [-0.2, -0.15) is 0 Å². The van der Waals surface area contributed by atoms with E-state index in [0.29, 0.717) is 11.5 Å². The molecule has 0 amide bonds. The highest BCUT2D eigenvalue weighted by molar-refractivity contribution is 7.89. The van der Waals surface area contributed by atoms with Crippen molar-refractivity contribution < 1.29 is 13.2 Å². The lowest BCUT2D eigenvalue weighted by Gasteiger charge is -2.15. The normalized spacial score (nSPS) is 13.1. The summed E-state index contributed by atoms with van der Waals surface area (Å²) in [5, 5.41) is 0. The summed E-state index contributed by atoms with van der Waals surface area (Å²) >= 11 is 0. The highest BCUT2D eigenvalue weighted by atomic mass is 32.2. The summed E-state index contributed by atoms with van der Waals surface area (Å²) in [4.78, 5) is 6.90. The zero-order valence-electron chi connectivity index (χ0n) is 12.0. The van der Waals surface area contributed by atoms with Crippen molar-refractivity contribution >= 4 is 15.7 Å². The Kier molecular flexibility index (Phi) is 4.19. The van der Waals surface area contributed by atoms with Crippen LogP contribution in [0.15, 0.2) is 29.4 Å². The Morgan fingerprint density at radius 1 is 1.43 bits per heavy atom. The van der Waals surface area contributed by atoms with Crippen molar-refractivity contribution in [3.63, 3.8) is 0 Å². The summed E-state index contributed by atoms with van der Waals surface area (Å²) in [5.41, 5.74) is 6.95. The number of nitrogen functional groups attached to an aromatic ring is 1. The lowest BCUT2D eigenvalue weighted by atomic mass is 10.2. The number of nitrogens with zero attached hydrogens (tertiary/aromatic N) is 1. The van der Waals surface area contributed by atoms with E-state index in [4.69, 9.17) is 10.5 Å². The van der Waals surface area contributed by atoms with Crippen molar-refractivity contribution in [2.75, 3.05) is 12.8 Å². The highest BCUT2D eigenvalue weighted by Crippen LogP contribution is 2.29. The van der Waals surface area contributed by atoms with E-state index in [1.54, 1.807) is 32.3 Å². The maximum Gasteiger partial charge on any atom is 0.244 e. The Bertz CT molecular complexity index is 726. The highest BCUT2D eigenvalue weighted by Gasteiger charge is 2.24. The van der Waals surface area contributed by atoms with Crippen LogP contribution in [0.4, 0.5) is 5.69 Å². The third kappa shape index (κ3) is 3.17. The number of anilines is 1. The first-order valence-electron chi connectivity index (χ1n) is 6.31. The lowest BCUT2D eigenvalue weighted by molar-refractivity contribution is 0.402. The van der Waals surface area contributed by atoms with Crippen molar-refractivity contribution in [1.82, 2.24) is 14.7 Å². The number of rotatable bonds is 5. The second kappa shape index (κ2) is 5.74. The Labute approximate surface area is 123 Å². The number of H-pyrrole nitrogens is 1. The summed E-state index contributed by atoms with van der Waals surface area (Å²) in [6.07, 6.45) is 3.19. The van der Waals surface area contributed by atoms with E-state index in [2.05, 4.69) is 14.7 Å². The minimum absolute atomic E-state index is 0.00602. The third-order valence-corrected chi connectivity index (χ3v) is 4.67. The van der Waals surface area contributed by atoms with Gasteiger partial charge in [-0.3, -0.25) is 0 Å². The summed E-state index contributed by atoms with van der Waals surface area (Å²) in [6.45, 7) is 3.48. The molecule has 0 aliphatic rings. The Morgan fingerprint density at radius 3 is 2.71 bits per heavy atom. The van der Waals surface area contributed by atoms with Gasteiger partial charge in [0.15, 0.2) is 0 Å². The maximum absolute atomic E-state index is 12.5. The fourth-order valence-electron chi connectivity index (χ4n) is 1.91. The van der Waals surface area contributed by atoms with Crippen LogP contribution in [0.3, 0.4) is 0 Å². The van der Waals surface area contributed by atoms with Crippen LogP contribution in [0.25, 0.3) is 0 Å². The van der Waals surface area contributed by atoms with Gasteiger partial charge in [0.25, 0.3) is 0 Å². The minimum Gasteiger partial charge on any atom is -0.495 e. The van der Waals surface area contributed by atoms with E-state index in [1.807, 2.05) is 0 Å². The molecule has 114 valence electrons. The molecule has 7 nitrogen and oxygen atoms in total. The molecule has 1 heterocycles. The number of sulfonamides is 1. The van der Waals surface area contributed by atoms with Crippen LogP contribution in [-0.4, -0.2) is 25.5 Å². The molecule has 0 aliphatic heterocycles. The number of ether oxygens (including phenoxy) is 1. The summed E-state index contributed by atoms with van der Waals surface area (Å²) in [6, 6.07) is 2.49. The summed E-state index contributed by atoms with van der Waals surface area (Å²) in [5.74, 6) is 0.776. The Balaban J connectivity index is 2.38. The van der Waals surface area contributed by atoms with E-state index in [9.17, 15) is 8.42 Å². The van der Waals surface area contributed by atoms with E-state index in [-0.39, 0.29) is 10.6 Å². The molecule has 0 saturated carbocycles. The molecule has 0 fully saturated rings. The molecule has 1 aromatic carbocycles. The van der Waals surface area contributed by atoms with Crippen LogP contribution >= 0.6 is 0 Å². The van der Waals surface area contributed by atoms with Crippen LogP contribution < -0.4 is 15.2 Å². The van der Waals surface area contributed by atoms with Gasteiger partial charge >= 0.3 is 0 Å². The molecule has 4 N–H and O–H groups in total. The van der Waals surface area contributed by atoms with Gasteiger partial charge in [0.2, 0.25) is 10.0 Å². The van der Waals surface area contributed by atoms with Crippen LogP contribution in [0.5, 0.6) is 5.75 Å². The molecule has 0 aliphatic carbocycles. The fourth-order valence-corrected chi connectivity index (χ4v) is 3.31. The Morgan fingerprint density at radius 2 is 2.14 bits per heavy atom. The summed E-state index contributed by atoms with van der Waals surface area (Å²) in [7, 11) is -2.37. The average molecular weight is 310 g/mol. The van der Waals surface area contributed by atoms with Crippen molar-refractivity contribution in [1.29, 1.82) is 0 Å². The van der Waals surface area contributed by atoms with Crippen LogP contribution in [0.1, 0.15) is 24.4 Å². The first kappa shape index (κ1) is 15.3. The first-order valence-corrected chi connectivity index (χ1v) is 7.79. The predicted octanol–water partition coefficient (Wildman–Crippen LogP) is 1.35. The second-order valence-corrected chi connectivity index (χ2v) is 6.36. The lowest BCUT2D eigenvalue weighted by Crippen LogP contribution is -2.28. The van der Waals surface area contributed by atoms with E-state index in [0.717, 1.165) is 5.56 Å². The number of nitrogens with one attached hydrogen (secondary N) is 2. The van der Waals surface area contributed by atoms with Gasteiger partial charge in [0.05, 0.1) is 13.2 Å². The van der Waals surface area contributed by atoms with Crippen molar-refractivity contribution in [3.8, 4) is 5.75 Å². The van der Waals surface area contributed by atoms with Crippen molar-refractivity contribution in [3.05, 3.63) is 35.9 Å². The SMILES string of the molecule is COc1cc(C)c(N)cc1S(=O)(=O)NC(C)c1ncc[nH]1. The molecule has 1 atom stereocenters.